The molecule has 1 heterocycles. The number of aromatic nitrogens is 2. The van der Waals surface area contributed by atoms with Crippen LogP contribution >= 0.6 is 23.4 Å². The maximum Gasteiger partial charge on any atom is 0.230 e. The molecule has 118 valence electrons. The Hall–Kier alpha value is -1.98. The molecule has 0 aliphatic rings. The molecule has 0 aliphatic carbocycles. The fourth-order valence-electron chi connectivity index (χ4n) is 2.31. The quantitative estimate of drug-likeness (QED) is 0.719. The van der Waals surface area contributed by atoms with Crippen LogP contribution in [0.1, 0.15) is 5.56 Å². The predicted molar refractivity (Wildman–Crippen MR) is 95.1 cm³/mol. The van der Waals surface area contributed by atoms with E-state index < -0.39 is 0 Å². The molecule has 0 radical (unpaired) electrons. The first-order valence-corrected chi connectivity index (χ1v) is 8.57. The molecule has 23 heavy (non-hydrogen) atoms. The number of fused-ring (bicyclic) bond motifs is 1. The summed E-state index contributed by atoms with van der Waals surface area (Å²) in [5.41, 5.74) is 3.04. The van der Waals surface area contributed by atoms with E-state index in [0.717, 1.165) is 16.2 Å². The van der Waals surface area contributed by atoms with Gasteiger partial charge in [0.2, 0.25) is 5.91 Å². The molecule has 0 bridgehead atoms. The van der Waals surface area contributed by atoms with Crippen LogP contribution in [0, 0.1) is 0 Å². The molecular formula is C17H16ClN3OS. The first-order valence-electron chi connectivity index (χ1n) is 7.20. The number of carbonyl (C=O) groups is 1. The van der Waals surface area contributed by atoms with E-state index in [4.69, 9.17) is 11.6 Å². The number of nitrogens with zero attached hydrogens (tertiary/aromatic N) is 2. The van der Waals surface area contributed by atoms with E-state index in [9.17, 15) is 4.79 Å². The van der Waals surface area contributed by atoms with Gasteiger partial charge in [0.15, 0.2) is 5.16 Å². The molecule has 0 saturated heterocycles. The number of nitrogens with one attached hydrogen (secondary N) is 1. The highest BCUT2D eigenvalue weighted by Crippen LogP contribution is 2.27. The van der Waals surface area contributed by atoms with Gasteiger partial charge < -0.3 is 9.88 Å². The van der Waals surface area contributed by atoms with Gasteiger partial charge in [0.25, 0.3) is 0 Å². The fourth-order valence-corrected chi connectivity index (χ4v) is 3.36. The minimum Gasteiger partial charge on any atom is -0.358 e. The van der Waals surface area contributed by atoms with Gasteiger partial charge in [-0.15, -0.1) is 0 Å². The zero-order chi connectivity index (χ0) is 16.2. The molecule has 0 aliphatic heterocycles. The van der Waals surface area contributed by atoms with E-state index in [0.29, 0.717) is 17.3 Å². The minimum atomic E-state index is -0.0219. The lowest BCUT2D eigenvalue weighted by molar-refractivity contribution is -0.118. The van der Waals surface area contributed by atoms with Crippen LogP contribution in [0.15, 0.2) is 53.7 Å². The maximum atomic E-state index is 11.5. The van der Waals surface area contributed by atoms with Crippen LogP contribution in [-0.2, 0) is 11.3 Å². The molecule has 4 nitrogen and oxygen atoms in total. The van der Waals surface area contributed by atoms with Gasteiger partial charge in [-0.2, -0.15) is 0 Å². The molecule has 0 atom stereocenters. The van der Waals surface area contributed by atoms with Crippen molar-refractivity contribution in [1.82, 2.24) is 14.9 Å². The first-order chi connectivity index (χ1) is 11.2. The lowest BCUT2D eigenvalue weighted by atomic mass is 10.2. The zero-order valence-corrected chi connectivity index (χ0v) is 14.2. The number of imidazole rings is 1. The molecule has 0 fully saturated rings. The molecule has 3 aromatic rings. The smallest absolute Gasteiger partial charge is 0.230 e. The number of hydrogen-bond acceptors (Lipinski definition) is 3. The van der Waals surface area contributed by atoms with Gasteiger partial charge in [-0.05, 0) is 23.8 Å². The Kier molecular flexibility index (Phi) is 4.88. The van der Waals surface area contributed by atoms with Crippen LogP contribution in [0.3, 0.4) is 0 Å². The molecule has 2 aromatic carbocycles. The normalized spacial score (nSPS) is 10.9. The third-order valence-corrected chi connectivity index (χ3v) is 4.68. The summed E-state index contributed by atoms with van der Waals surface area (Å²) in [6, 6.07) is 15.9. The van der Waals surface area contributed by atoms with E-state index in [2.05, 4.69) is 27.0 Å². The Morgan fingerprint density at radius 1 is 1.26 bits per heavy atom. The van der Waals surface area contributed by atoms with Crippen LogP contribution in [0.25, 0.3) is 11.0 Å². The number of hydrogen-bond donors (Lipinski definition) is 1. The van der Waals surface area contributed by atoms with Gasteiger partial charge in [0.1, 0.15) is 0 Å². The molecule has 0 saturated carbocycles. The molecule has 0 unspecified atom stereocenters. The molecular weight excluding hydrogens is 330 g/mol. The molecule has 1 aromatic heterocycles. The van der Waals surface area contributed by atoms with Gasteiger partial charge in [0.05, 0.1) is 23.3 Å². The fraction of sp³-hybridized carbons (Fsp3) is 0.176. The topological polar surface area (TPSA) is 46.9 Å². The van der Waals surface area contributed by atoms with Crippen LogP contribution in [0.5, 0.6) is 0 Å². The summed E-state index contributed by atoms with van der Waals surface area (Å²) in [6.45, 7) is 0.703. The summed E-state index contributed by atoms with van der Waals surface area (Å²) in [5, 5.41) is 4.10. The number of thioether (sulfide) groups is 1. The van der Waals surface area contributed by atoms with E-state index in [1.165, 1.54) is 17.3 Å². The van der Waals surface area contributed by atoms with Crippen molar-refractivity contribution in [2.24, 2.45) is 0 Å². The van der Waals surface area contributed by atoms with Crippen molar-refractivity contribution in [1.29, 1.82) is 0 Å². The Labute approximate surface area is 143 Å². The summed E-state index contributed by atoms with van der Waals surface area (Å²) < 4.78 is 2.12. The van der Waals surface area contributed by atoms with Crippen molar-refractivity contribution in [3.05, 3.63) is 59.1 Å². The predicted octanol–water partition coefficient (Wildman–Crippen LogP) is 3.58. The second-order valence-electron chi connectivity index (χ2n) is 5.06. The molecule has 0 spiro atoms. The van der Waals surface area contributed by atoms with Crippen molar-refractivity contribution in [2.45, 2.75) is 11.7 Å². The van der Waals surface area contributed by atoms with Crippen LogP contribution in [0.4, 0.5) is 0 Å². The number of halogens is 1. The van der Waals surface area contributed by atoms with E-state index in [-0.39, 0.29) is 5.91 Å². The van der Waals surface area contributed by atoms with Gasteiger partial charge in [0, 0.05) is 12.1 Å². The van der Waals surface area contributed by atoms with Gasteiger partial charge in [-0.25, -0.2) is 4.98 Å². The summed E-state index contributed by atoms with van der Waals surface area (Å²) in [4.78, 5) is 16.2. The summed E-state index contributed by atoms with van der Waals surface area (Å²) >= 11 is 7.50. The number of benzene rings is 2. The number of carbonyl (C=O) groups excluding carboxylic acids is 1. The van der Waals surface area contributed by atoms with Crippen molar-refractivity contribution in [3.63, 3.8) is 0 Å². The Bertz CT molecular complexity index is 832. The SMILES string of the molecule is CNC(=O)CSc1nc2cc(Cl)ccc2n1Cc1ccccc1. The Balaban J connectivity index is 1.99. The van der Waals surface area contributed by atoms with Crippen molar-refractivity contribution in [2.75, 3.05) is 12.8 Å². The van der Waals surface area contributed by atoms with Gasteiger partial charge >= 0.3 is 0 Å². The average Bonchev–Trinajstić information content (AvgIpc) is 2.90. The molecule has 1 amide bonds. The van der Waals surface area contributed by atoms with Gasteiger partial charge in [-0.1, -0.05) is 53.7 Å². The summed E-state index contributed by atoms with van der Waals surface area (Å²) in [7, 11) is 1.63. The van der Waals surface area contributed by atoms with Crippen LogP contribution in [0.2, 0.25) is 5.02 Å². The van der Waals surface area contributed by atoms with Crippen LogP contribution < -0.4 is 5.32 Å². The lowest BCUT2D eigenvalue weighted by Gasteiger charge is -2.09. The van der Waals surface area contributed by atoms with E-state index >= 15 is 0 Å². The first kappa shape index (κ1) is 15.9. The third-order valence-electron chi connectivity index (χ3n) is 3.47. The van der Waals surface area contributed by atoms with Crippen molar-refractivity contribution in [3.8, 4) is 0 Å². The zero-order valence-electron chi connectivity index (χ0n) is 12.6. The van der Waals surface area contributed by atoms with Crippen LogP contribution in [-0.4, -0.2) is 28.3 Å². The Morgan fingerprint density at radius 3 is 2.78 bits per heavy atom. The number of rotatable bonds is 5. The van der Waals surface area contributed by atoms with Crippen molar-refractivity contribution < 1.29 is 4.79 Å². The van der Waals surface area contributed by atoms with E-state index in [1.54, 1.807) is 7.05 Å². The lowest BCUT2D eigenvalue weighted by Crippen LogP contribution is -2.20. The molecule has 3 rings (SSSR count). The maximum absolute atomic E-state index is 11.5. The highest BCUT2D eigenvalue weighted by molar-refractivity contribution is 7.99. The highest BCUT2D eigenvalue weighted by Gasteiger charge is 2.13. The number of amides is 1. The average molecular weight is 346 g/mol. The second-order valence-corrected chi connectivity index (χ2v) is 6.44. The highest BCUT2D eigenvalue weighted by atomic mass is 35.5. The standard InChI is InChI=1S/C17H16ClN3OS/c1-19-16(22)11-23-17-20-14-9-13(18)7-8-15(14)21(17)10-12-5-3-2-4-6-12/h2-9H,10-11H2,1H3,(H,19,22). The second kappa shape index (κ2) is 7.06. The minimum absolute atomic E-state index is 0.0219. The largest absolute Gasteiger partial charge is 0.358 e. The monoisotopic (exact) mass is 345 g/mol. The summed E-state index contributed by atoms with van der Waals surface area (Å²) in [6.07, 6.45) is 0. The van der Waals surface area contributed by atoms with E-state index in [1.807, 2.05) is 36.4 Å². The third kappa shape index (κ3) is 3.68. The van der Waals surface area contributed by atoms with Crippen molar-refractivity contribution >= 4 is 40.3 Å². The Morgan fingerprint density at radius 2 is 2.04 bits per heavy atom. The molecule has 1 N–H and O–H groups in total. The summed E-state index contributed by atoms with van der Waals surface area (Å²) in [5.74, 6) is 0.314. The molecule has 6 heteroatoms. The van der Waals surface area contributed by atoms with Gasteiger partial charge in [-0.3, -0.25) is 4.79 Å².